The van der Waals surface area contributed by atoms with Gasteiger partial charge in [-0.25, -0.2) is 4.79 Å². The molecule has 2 fully saturated rings. The van der Waals surface area contributed by atoms with Gasteiger partial charge in [-0.15, -0.1) is 0 Å². The highest BCUT2D eigenvalue weighted by Crippen LogP contribution is 2.34. The molecule has 2 aliphatic heterocycles. The molecule has 0 saturated carbocycles. The van der Waals surface area contributed by atoms with Gasteiger partial charge < -0.3 is 14.5 Å². The fourth-order valence-corrected chi connectivity index (χ4v) is 3.90. The minimum Gasteiger partial charge on any atom is -0.444 e. The zero-order valence-electron chi connectivity index (χ0n) is 14.7. The van der Waals surface area contributed by atoms with Crippen molar-refractivity contribution in [3.05, 3.63) is 23.5 Å². The second-order valence-electron chi connectivity index (χ2n) is 7.72. The normalized spacial score (nSPS) is 24.5. The van der Waals surface area contributed by atoms with Gasteiger partial charge in [-0.05, 0) is 52.5 Å². The average Bonchev–Trinajstić information content (AvgIpc) is 2.59. The Kier molecular flexibility index (Phi) is 4.90. The summed E-state index contributed by atoms with van der Waals surface area (Å²) < 4.78 is 5.58. The fraction of sp³-hybridized carbons (Fsp3) is 0.667. The molecule has 1 amide bonds. The van der Waals surface area contributed by atoms with Gasteiger partial charge in [0.25, 0.3) is 0 Å². The summed E-state index contributed by atoms with van der Waals surface area (Å²) in [6.07, 6.45) is 7.68. The molecular weight excluding hydrogens is 326 g/mol. The predicted molar refractivity (Wildman–Crippen MR) is 95.6 cm³/mol. The minimum atomic E-state index is -0.463. The number of aromatic nitrogens is 1. The summed E-state index contributed by atoms with van der Waals surface area (Å²) in [6, 6.07) is 2.69. The summed E-state index contributed by atoms with van der Waals surface area (Å²) in [5.74, 6) is 0. The van der Waals surface area contributed by atoms with E-state index in [-0.39, 0.29) is 6.09 Å². The number of hydrogen-bond acceptors (Lipinski definition) is 4. The van der Waals surface area contributed by atoms with E-state index in [1.54, 1.807) is 6.20 Å². The van der Waals surface area contributed by atoms with Crippen molar-refractivity contribution in [1.29, 1.82) is 0 Å². The van der Waals surface area contributed by atoms with Crippen LogP contribution in [0, 0.1) is 0 Å². The van der Waals surface area contributed by atoms with Gasteiger partial charge in [0.1, 0.15) is 5.60 Å². The van der Waals surface area contributed by atoms with Crippen LogP contribution in [-0.2, 0) is 4.74 Å². The Balaban J connectivity index is 1.81. The number of amides is 1. The van der Waals surface area contributed by atoms with Gasteiger partial charge in [-0.1, -0.05) is 11.6 Å². The van der Waals surface area contributed by atoms with E-state index < -0.39 is 5.60 Å². The second kappa shape index (κ2) is 6.79. The van der Waals surface area contributed by atoms with Crippen molar-refractivity contribution in [1.82, 2.24) is 9.88 Å². The molecule has 2 aliphatic rings. The van der Waals surface area contributed by atoms with Crippen LogP contribution < -0.4 is 4.90 Å². The molecular formula is C18H26ClN3O2. The quantitative estimate of drug-likeness (QED) is 0.764. The predicted octanol–water partition coefficient (Wildman–Crippen LogP) is 4.10. The van der Waals surface area contributed by atoms with Crippen molar-refractivity contribution < 1.29 is 9.53 Å². The molecule has 0 N–H and O–H groups in total. The van der Waals surface area contributed by atoms with Gasteiger partial charge in [0.05, 0.1) is 16.9 Å². The molecule has 3 heterocycles. The average molecular weight is 352 g/mol. The van der Waals surface area contributed by atoms with Crippen LogP contribution in [0.5, 0.6) is 0 Å². The number of halogens is 1. The highest BCUT2D eigenvalue weighted by atomic mass is 35.5. The molecule has 0 spiro atoms. The Morgan fingerprint density at radius 2 is 2.00 bits per heavy atom. The molecule has 0 aromatic carbocycles. The second-order valence-corrected chi connectivity index (χ2v) is 8.16. The van der Waals surface area contributed by atoms with E-state index in [4.69, 9.17) is 16.3 Å². The Hall–Kier alpha value is -1.49. The highest BCUT2D eigenvalue weighted by molar-refractivity contribution is 6.30. The number of piperidine rings is 1. The summed E-state index contributed by atoms with van der Waals surface area (Å²) >= 11 is 6.14. The van der Waals surface area contributed by atoms with Gasteiger partial charge in [0.15, 0.2) is 0 Å². The molecule has 1 aromatic rings. The maximum Gasteiger partial charge on any atom is 0.410 e. The van der Waals surface area contributed by atoms with E-state index in [1.807, 2.05) is 37.9 Å². The molecule has 1 aromatic heterocycles. The zero-order valence-corrected chi connectivity index (χ0v) is 15.4. The lowest BCUT2D eigenvalue weighted by Crippen LogP contribution is -2.49. The third-order valence-electron chi connectivity index (χ3n) is 4.67. The van der Waals surface area contributed by atoms with Gasteiger partial charge in [-0.3, -0.25) is 4.98 Å². The summed E-state index contributed by atoms with van der Waals surface area (Å²) in [5.41, 5.74) is 0.595. The molecule has 2 saturated heterocycles. The Morgan fingerprint density at radius 3 is 2.71 bits per heavy atom. The first-order valence-electron chi connectivity index (χ1n) is 8.70. The zero-order chi connectivity index (χ0) is 17.3. The van der Waals surface area contributed by atoms with Crippen molar-refractivity contribution in [2.24, 2.45) is 0 Å². The largest absolute Gasteiger partial charge is 0.444 e. The number of hydrogen-bond donors (Lipinski definition) is 0. The maximum atomic E-state index is 12.5. The van der Waals surface area contributed by atoms with Crippen molar-refractivity contribution in [2.45, 2.75) is 64.1 Å². The number of anilines is 1. The molecule has 0 aliphatic carbocycles. The van der Waals surface area contributed by atoms with Gasteiger partial charge in [0, 0.05) is 31.4 Å². The first-order valence-corrected chi connectivity index (χ1v) is 9.08. The smallest absolute Gasteiger partial charge is 0.410 e. The molecule has 2 atom stereocenters. The number of carbonyl (C=O) groups is 1. The van der Waals surface area contributed by atoms with E-state index in [0.29, 0.717) is 23.7 Å². The topological polar surface area (TPSA) is 45.7 Å². The van der Waals surface area contributed by atoms with Crippen LogP contribution >= 0.6 is 11.6 Å². The van der Waals surface area contributed by atoms with E-state index in [2.05, 4.69) is 9.88 Å². The number of fused-ring (bicyclic) bond motifs is 2. The summed E-state index contributed by atoms with van der Waals surface area (Å²) in [5, 5.41) is 0.652. The molecule has 24 heavy (non-hydrogen) atoms. The molecule has 6 heteroatoms. The lowest BCUT2D eigenvalue weighted by molar-refractivity contribution is 0.0249. The maximum absolute atomic E-state index is 12.5. The number of ether oxygens (including phenoxy) is 1. The van der Waals surface area contributed by atoms with Crippen molar-refractivity contribution in [3.63, 3.8) is 0 Å². The van der Waals surface area contributed by atoms with Gasteiger partial charge in [-0.2, -0.15) is 0 Å². The van der Waals surface area contributed by atoms with Gasteiger partial charge in [0.2, 0.25) is 0 Å². The Bertz CT molecular complexity index is 602. The van der Waals surface area contributed by atoms with Crippen molar-refractivity contribution >= 4 is 23.4 Å². The third kappa shape index (κ3) is 3.94. The lowest BCUT2D eigenvalue weighted by Gasteiger charge is -2.42. The first kappa shape index (κ1) is 17.3. The molecule has 5 nitrogen and oxygen atoms in total. The summed E-state index contributed by atoms with van der Waals surface area (Å²) in [6.45, 7) is 7.15. The monoisotopic (exact) mass is 351 g/mol. The van der Waals surface area contributed by atoms with Crippen LogP contribution in [0.4, 0.5) is 10.5 Å². The highest BCUT2D eigenvalue weighted by Gasteiger charge is 2.37. The molecule has 132 valence electrons. The van der Waals surface area contributed by atoms with Crippen molar-refractivity contribution in [2.75, 3.05) is 18.0 Å². The van der Waals surface area contributed by atoms with E-state index in [1.165, 1.54) is 6.42 Å². The lowest BCUT2D eigenvalue weighted by atomic mass is 9.94. The van der Waals surface area contributed by atoms with E-state index >= 15 is 0 Å². The summed E-state index contributed by atoms with van der Waals surface area (Å²) in [4.78, 5) is 21.0. The Morgan fingerprint density at radius 1 is 1.25 bits per heavy atom. The van der Waals surface area contributed by atoms with Crippen LogP contribution in [-0.4, -0.2) is 46.8 Å². The number of carbonyl (C=O) groups excluding carboxylic acids is 1. The van der Waals surface area contributed by atoms with E-state index in [9.17, 15) is 4.79 Å². The third-order valence-corrected chi connectivity index (χ3v) is 4.87. The number of nitrogens with zero attached hydrogens (tertiary/aromatic N) is 3. The fourth-order valence-electron chi connectivity index (χ4n) is 3.73. The van der Waals surface area contributed by atoms with Crippen LogP contribution in [0.1, 0.15) is 46.5 Å². The van der Waals surface area contributed by atoms with Crippen LogP contribution in [0.15, 0.2) is 18.5 Å². The SMILES string of the molecule is CC(C)(C)OC(=O)N1CC[C@@H]2CCC[C@H](C1)N2c1cncc(Cl)c1. The van der Waals surface area contributed by atoms with Crippen LogP contribution in [0.2, 0.25) is 5.02 Å². The van der Waals surface area contributed by atoms with E-state index in [0.717, 1.165) is 31.5 Å². The standard InChI is InChI=1S/C18H26ClN3O2/c1-18(2,3)24-17(23)21-8-7-14-5-4-6-15(12-21)22(14)16-9-13(19)10-20-11-16/h9-11,14-15H,4-8,12H2,1-3H3/t14-,15+/m0/s1. The Labute approximate surface area is 148 Å². The summed E-state index contributed by atoms with van der Waals surface area (Å²) in [7, 11) is 0. The van der Waals surface area contributed by atoms with Gasteiger partial charge >= 0.3 is 6.09 Å². The van der Waals surface area contributed by atoms with Crippen LogP contribution in [0.3, 0.4) is 0 Å². The van der Waals surface area contributed by atoms with Crippen LogP contribution in [0.25, 0.3) is 0 Å². The molecule has 3 rings (SSSR count). The first-order chi connectivity index (χ1) is 11.3. The molecule has 0 unspecified atom stereocenters. The number of pyridine rings is 1. The number of rotatable bonds is 1. The molecule has 2 bridgehead atoms. The van der Waals surface area contributed by atoms with Crippen molar-refractivity contribution in [3.8, 4) is 0 Å². The molecule has 0 radical (unpaired) electrons. The minimum absolute atomic E-state index is 0.209.